The fraction of sp³-hybridized carbons (Fsp3) is 0.632. The van der Waals surface area contributed by atoms with Crippen molar-refractivity contribution in [1.29, 1.82) is 0 Å². The molecule has 0 heterocycles. The lowest BCUT2D eigenvalue weighted by Crippen LogP contribution is -2.08. The molecule has 1 saturated carbocycles. The predicted molar refractivity (Wildman–Crippen MR) is 90.0 cm³/mol. The van der Waals surface area contributed by atoms with Crippen LogP contribution in [-0.2, 0) is 9.53 Å². The van der Waals surface area contributed by atoms with Gasteiger partial charge in [-0.2, -0.15) is 0 Å². The number of carbonyl (C=O) groups is 1. The van der Waals surface area contributed by atoms with Crippen molar-refractivity contribution in [3.05, 3.63) is 23.8 Å². The van der Waals surface area contributed by atoms with E-state index in [-0.39, 0.29) is 11.9 Å². The lowest BCUT2D eigenvalue weighted by atomic mass is 9.89. The zero-order valence-electron chi connectivity index (χ0n) is 14.6. The average molecular weight is 320 g/mol. The summed E-state index contributed by atoms with van der Waals surface area (Å²) in [5, 5.41) is 0. The van der Waals surface area contributed by atoms with Crippen LogP contribution in [0.3, 0.4) is 0 Å². The van der Waals surface area contributed by atoms with E-state index in [9.17, 15) is 4.79 Å². The molecule has 1 aromatic carbocycles. The van der Waals surface area contributed by atoms with Crippen molar-refractivity contribution in [3.63, 3.8) is 0 Å². The first-order valence-electron chi connectivity index (χ1n) is 8.61. The molecule has 1 aliphatic carbocycles. The van der Waals surface area contributed by atoms with Crippen molar-refractivity contribution in [1.82, 2.24) is 0 Å². The van der Waals surface area contributed by atoms with Crippen LogP contribution in [0.5, 0.6) is 11.5 Å². The number of rotatable bonds is 9. The predicted octanol–water partition coefficient (Wildman–Crippen LogP) is 4.18. The first-order valence-corrected chi connectivity index (χ1v) is 8.61. The molecule has 1 aromatic rings. The summed E-state index contributed by atoms with van der Waals surface area (Å²) >= 11 is 0. The van der Waals surface area contributed by atoms with Gasteiger partial charge in [0.05, 0.1) is 26.2 Å². The number of hydrogen-bond donors (Lipinski definition) is 0. The van der Waals surface area contributed by atoms with E-state index in [0.717, 1.165) is 30.8 Å². The van der Waals surface area contributed by atoms with Gasteiger partial charge in [0.25, 0.3) is 0 Å². The third-order valence-electron chi connectivity index (χ3n) is 4.54. The second-order valence-electron chi connectivity index (χ2n) is 6.03. The van der Waals surface area contributed by atoms with Gasteiger partial charge in [0.2, 0.25) is 0 Å². The summed E-state index contributed by atoms with van der Waals surface area (Å²) in [6.07, 6.45) is 2.95. The van der Waals surface area contributed by atoms with E-state index in [4.69, 9.17) is 14.2 Å². The molecule has 2 rings (SSSR count). The SMILES string of the molecule is CCOc1ccc(OCC)c(C(CC)CC2CC2C(=O)OC)c1. The molecule has 3 unspecified atom stereocenters. The minimum Gasteiger partial charge on any atom is -0.494 e. The molecule has 3 atom stereocenters. The smallest absolute Gasteiger partial charge is 0.308 e. The van der Waals surface area contributed by atoms with Crippen LogP contribution in [0, 0.1) is 11.8 Å². The summed E-state index contributed by atoms with van der Waals surface area (Å²) in [6.45, 7) is 7.46. The Balaban J connectivity index is 2.15. The van der Waals surface area contributed by atoms with Crippen molar-refractivity contribution < 1.29 is 19.0 Å². The lowest BCUT2D eigenvalue weighted by Gasteiger charge is -2.20. The quantitative estimate of drug-likeness (QED) is 0.640. The first-order chi connectivity index (χ1) is 11.1. The van der Waals surface area contributed by atoms with E-state index >= 15 is 0 Å². The monoisotopic (exact) mass is 320 g/mol. The van der Waals surface area contributed by atoms with Gasteiger partial charge >= 0.3 is 5.97 Å². The molecular formula is C19H28O4. The van der Waals surface area contributed by atoms with Crippen molar-refractivity contribution in [2.75, 3.05) is 20.3 Å². The van der Waals surface area contributed by atoms with Crippen LogP contribution in [0.1, 0.15) is 51.5 Å². The third-order valence-corrected chi connectivity index (χ3v) is 4.54. The number of hydrogen-bond acceptors (Lipinski definition) is 4. The Kier molecular flexibility index (Phi) is 6.31. The first kappa shape index (κ1) is 17.6. The minimum atomic E-state index is -0.0713. The highest BCUT2D eigenvalue weighted by atomic mass is 16.5. The fourth-order valence-corrected chi connectivity index (χ4v) is 3.22. The summed E-state index contributed by atoms with van der Waals surface area (Å²) < 4.78 is 16.3. The Labute approximate surface area is 139 Å². The zero-order valence-corrected chi connectivity index (χ0v) is 14.6. The summed E-state index contributed by atoms with van der Waals surface area (Å²) in [7, 11) is 1.47. The van der Waals surface area contributed by atoms with Gasteiger partial charge in [-0.1, -0.05) is 6.92 Å². The van der Waals surface area contributed by atoms with E-state index in [0.29, 0.717) is 25.0 Å². The van der Waals surface area contributed by atoms with Gasteiger partial charge in [0, 0.05) is 5.56 Å². The van der Waals surface area contributed by atoms with Gasteiger partial charge in [-0.3, -0.25) is 4.79 Å². The third kappa shape index (κ3) is 4.40. The van der Waals surface area contributed by atoms with E-state index < -0.39 is 0 Å². The maximum Gasteiger partial charge on any atom is 0.308 e. The van der Waals surface area contributed by atoms with Gasteiger partial charge < -0.3 is 14.2 Å². The molecule has 0 aliphatic heterocycles. The van der Waals surface area contributed by atoms with Crippen molar-refractivity contribution in [2.24, 2.45) is 11.8 Å². The second kappa shape index (κ2) is 8.23. The number of methoxy groups -OCH3 is 1. The van der Waals surface area contributed by atoms with Crippen molar-refractivity contribution >= 4 is 5.97 Å². The highest BCUT2D eigenvalue weighted by molar-refractivity contribution is 5.75. The molecule has 0 aromatic heterocycles. The van der Waals surface area contributed by atoms with Gasteiger partial charge in [-0.15, -0.1) is 0 Å². The summed E-state index contributed by atoms with van der Waals surface area (Å²) in [4.78, 5) is 11.6. The average Bonchev–Trinajstić information content (AvgIpc) is 3.33. The highest BCUT2D eigenvalue weighted by Crippen LogP contribution is 2.48. The number of esters is 1. The van der Waals surface area contributed by atoms with Crippen LogP contribution >= 0.6 is 0 Å². The van der Waals surface area contributed by atoms with Crippen LogP contribution in [-0.4, -0.2) is 26.3 Å². The van der Waals surface area contributed by atoms with E-state index in [1.54, 1.807) is 0 Å². The van der Waals surface area contributed by atoms with E-state index in [1.165, 1.54) is 12.7 Å². The molecule has 0 N–H and O–H groups in total. The van der Waals surface area contributed by atoms with Gasteiger partial charge in [-0.25, -0.2) is 0 Å². The summed E-state index contributed by atoms with van der Waals surface area (Å²) in [6, 6.07) is 6.05. The molecule has 0 amide bonds. The number of benzene rings is 1. The van der Waals surface area contributed by atoms with E-state index in [2.05, 4.69) is 13.0 Å². The van der Waals surface area contributed by atoms with Crippen LogP contribution in [0.15, 0.2) is 18.2 Å². The highest BCUT2D eigenvalue weighted by Gasteiger charge is 2.44. The molecule has 4 nitrogen and oxygen atoms in total. The van der Waals surface area contributed by atoms with Crippen LogP contribution < -0.4 is 9.47 Å². The topological polar surface area (TPSA) is 44.8 Å². The normalized spacial score (nSPS) is 20.7. The molecular weight excluding hydrogens is 292 g/mol. The second-order valence-corrected chi connectivity index (χ2v) is 6.03. The molecule has 0 spiro atoms. The van der Waals surface area contributed by atoms with Gasteiger partial charge in [-0.05, 0) is 63.1 Å². The lowest BCUT2D eigenvalue weighted by molar-refractivity contribution is -0.142. The van der Waals surface area contributed by atoms with Crippen LogP contribution in [0.4, 0.5) is 0 Å². The zero-order chi connectivity index (χ0) is 16.8. The van der Waals surface area contributed by atoms with E-state index in [1.807, 2.05) is 26.0 Å². The Morgan fingerprint density at radius 1 is 1.22 bits per heavy atom. The van der Waals surface area contributed by atoms with Gasteiger partial charge in [0.1, 0.15) is 11.5 Å². The maximum atomic E-state index is 11.6. The molecule has 4 heteroatoms. The maximum absolute atomic E-state index is 11.6. The summed E-state index contributed by atoms with van der Waals surface area (Å²) in [5.74, 6) is 2.62. The molecule has 0 saturated heterocycles. The molecule has 23 heavy (non-hydrogen) atoms. The van der Waals surface area contributed by atoms with Crippen LogP contribution in [0.2, 0.25) is 0 Å². The molecule has 0 bridgehead atoms. The number of ether oxygens (including phenoxy) is 3. The van der Waals surface area contributed by atoms with Crippen molar-refractivity contribution in [2.45, 2.75) is 46.0 Å². The minimum absolute atomic E-state index is 0.0713. The Bertz CT molecular complexity index is 526. The Morgan fingerprint density at radius 3 is 2.57 bits per heavy atom. The van der Waals surface area contributed by atoms with Gasteiger partial charge in [0.15, 0.2) is 0 Å². The largest absolute Gasteiger partial charge is 0.494 e. The molecule has 0 radical (unpaired) electrons. The molecule has 1 aliphatic rings. The number of carbonyl (C=O) groups excluding carboxylic acids is 1. The summed E-state index contributed by atoms with van der Waals surface area (Å²) in [5.41, 5.74) is 1.19. The van der Waals surface area contributed by atoms with Crippen molar-refractivity contribution in [3.8, 4) is 11.5 Å². The Morgan fingerprint density at radius 2 is 1.96 bits per heavy atom. The molecule has 1 fully saturated rings. The molecule has 128 valence electrons. The Hall–Kier alpha value is -1.71. The van der Waals surface area contributed by atoms with Crippen LogP contribution in [0.25, 0.3) is 0 Å². The standard InChI is InChI=1S/C19H28O4/c1-5-13(10-14-11-17(14)19(20)21-4)16-12-15(22-6-2)8-9-18(16)23-7-3/h8-9,12-14,17H,5-7,10-11H2,1-4H3. The fourth-order valence-electron chi connectivity index (χ4n) is 3.22.